The molecule has 0 unspecified atom stereocenters. The molecule has 0 aliphatic heterocycles. The van der Waals surface area contributed by atoms with Crippen molar-refractivity contribution >= 4 is 23.4 Å². The van der Waals surface area contributed by atoms with Crippen LogP contribution in [0.1, 0.15) is 11.1 Å². The quantitative estimate of drug-likeness (QED) is 0.460. The Labute approximate surface area is 147 Å². The molecule has 1 amide bonds. The van der Waals surface area contributed by atoms with Crippen molar-refractivity contribution in [3.8, 4) is 0 Å². The molecule has 2 rings (SSSR count). The van der Waals surface area contributed by atoms with Crippen molar-refractivity contribution in [3.05, 3.63) is 75.8 Å². The average molecular weight is 339 g/mol. The molecule has 2 aromatic carbocycles. The summed E-state index contributed by atoms with van der Waals surface area (Å²) in [6.45, 7) is 0.492. The van der Waals surface area contributed by atoms with E-state index >= 15 is 0 Å². The molecule has 25 heavy (non-hydrogen) atoms. The lowest BCUT2D eigenvalue weighted by Crippen LogP contribution is -2.24. The van der Waals surface area contributed by atoms with Crippen LogP contribution in [0.3, 0.4) is 0 Å². The Morgan fingerprint density at radius 3 is 2.40 bits per heavy atom. The van der Waals surface area contributed by atoms with E-state index in [9.17, 15) is 14.9 Å². The zero-order valence-electron chi connectivity index (χ0n) is 14.5. The van der Waals surface area contributed by atoms with Gasteiger partial charge in [0.15, 0.2) is 0 Å². The average Bonchev–Trinajstić information content (AvgIpc) is 2.60. The molecular weight excluding hydrogens is 318 g/mol. The van der Waals surface area contributed by atoms with Crippen LogP contribution in [0.4, 0.5) is 11.4 Å². The molecule has 0 aliphatic carbocycles. The molecule has 0 bridgehead atoms. The summed E-state index contributed by atoms with van der Waals surface area (Å²) in [6, 6.07) is 14.2. The molecule has 0 atom stereocenters. The molecule has 130 valence electrons. The summed E-state index contributed by atoms with van der Waals surface area (Å²) < 4.78 is 0. The highest BCUT2D eigenvalue weighted by molar-refractivity contribution is 5.91. The molecule has 6 nitrogen and oxygen atoms in total. The molecule has 0 saturated heterocycles. The SMILES string of the molecule is CN(Cc1ccc(N(C)C)cc1)C(=O)/C=C/c1cccc([N+](=O)[O-])c1. The lowest BCUT2D eigenvalue weighted by atomic mass is 10.1. The van der Waals surface area contributed by atoms with E-state index in [2.05, 4.69) is 0 Å². The number of likely N-dealkylation sites (N-methyl/N-ethyl adjacent to an activating group) is 1. The molecule has 0 spiro atoms. The van der Waals surface area contributed by atoms with Crippen molar-refractivity contribution in [1.82, 2.24) is 4.90 Å². The number of nitrogens with zero attached hydrogens (tertiary/aromatic N) is 3. The molecule has 0 aliphatic rings. The number of nitro benzene ring substituents is 1. The summed E-state index contributed by atoms with van der Waals surface area (Å²) >= 11 is 0. The third kappa shape index (κ3) is 5.17. The largest absolute Gasteiger partial charge is 0.378 e. The maximum Gasteiger partial charge on any atom is 0.270 e. The first-order chi connectivity index (χ1) is 11.9. The number of non-ortho nitro benzene ring substituents is 1. The van der Waals surface area contributed by atoms with Gasteiger partial charge in [-0.1, -0.05) is 24.3 Å². The standard InChI is InChI=1S/C19H21N3O3/c1-20(2)17-10-7-16(8-11-17)14-21(3)19(23)12-9-15-5-4-6-18(13-15)22(24)25/h4-13H,14H2,1-3H3/b12-9+. The third-order valence-corrected chi connectivity index (χ3v) is 3.75. The zero-order chi connectivity index (χ0) is 18.4. The number of rotatable bonds is 6. The number of anilines is 1. The number of benzene rings is 2. The number of carbonyl (C=O) groups excluding carboxylic acids is 1. The Kier molecular flexibility index (Phi) is 5.89. The highest BCUT2D eigenvalue weighted by atomic mass is 16.6. The van der Waals surface area contributed by atoms with Crippen LogP contribution in [0.25, 0.3) is 6.08 Å². The van der Waals surface area contributed by atoms with Gasteiger partial charge in [-0.25, -0.2) is 0 Å². The number of carbonyl (C=O) groups is 1. The Balaban J connectivity index is 2.00. The monoisotopic (exact) mass is 339 g/mol. The van der Waals surface area contributed by atoms with E-state index in [1.54, 1.807) is 30.2 Å². The van der Waals surface area contributed by atoms with E-state index in [-0.39, 0.29) is 11.6 Å². The second-order valence-corrected chi connectivity index (χ2v) is 5.94. The first kappa shape index (κ1) is 18.2. The van der Waals surface area contributed by atoms with Gasteiger partial charge in [-0.3, -0.25) is 14.9 Å². The van der Waals surface area contributed by atoms with Crippen molar-refractivity contribution in [2.45, 2.75) is 6.54 Å². The van der Waals surface area contributed by atoms with Gasteiger partial charge in [0.1, 0.15) is 0 Å². The summed E-state index contributed by atoms with van der Waals surface area (Å²) in [4.78, 5) is 26.1. The second kappa shape index (κ2) is 8.10. The summed E-state index contributed by atoms with van der Waals surface area (Å²) in [7, 11) is 5.67. The molecule has 0 aromatic heterocycles. The Hall–Kier alpha value is -3.15. The van der Waals surface area contributed by atoms with Crippen molar-refractivity contribution in [3.63, 3.8) is 0 Å². The maximum atomic E-state index is 12.2. The minimum absolute atomic E-state index is 0.00364. The van der Waals surface area contributed by atoms with Gasteiger partial charge in [0.2, 0.25) is 5.91 Å². The van der Waals surface area contributed by atoms with Gasteiger partial charge in [-0.05, 0) is 29.3 Å². The third-order valence-electron chi connectivity index (χ3n) is 3.75. The van der Waals surface area contributed by atoms with Crippen molar-refractivity contribution < 1.29 is 9.72 Å². The predicted octanol–water partition coefficient (Wildman–Crippen LogP) is 3.33. The van der Waals surface area contributed by atoms with Gasteiger partial charge in [-0.15, -0.1) is 0 Å². The van der Waals surface area contributed by atoms with Crippen LogP contribution in [0, 0.1) is 10.1 Å². The van der Waals surface area contributed by atoms with Crippen LogP contribution in [0.15, 0.2) is 54.6 Å². The van der Waals surface area contributed by atoms with E-state index in [0.29, 0.717) is 12.1 Å². The molecule has 0 radical (unpaired) electrons. The van der Waals surface area contributed by atoms with Crippen molar-refractivity contribution in [1.29, 1.82) is 0 Å². The summed E-state index contributed by atoms with van der Waals surface area (Å²) in [5, 5.41) is 10.8. The second-order valence-electron chi connectivity index (χ2n) is 5.94. The fraction of sp³-hybridized carbons (Fsp3) is 0.211. The first-order valence-electron chi connectivity index (χ1n) is 7.80. The van der Waals surface area contributed by atoms with Crippen LogP contribution >= 0.6 is 0 Å². The van der Waals surface area contributed by atoms with E-state index in [1.165, 1.54) is 18.2 Å². The van der Waals surface area contributed by atoms with E-state index in [1.807, 2.05) is 43.3 Å². The number of hydrogen-bond donors (Lipinski definition) is 0. The van der Waals surface area contributed by atoms with Gasteiger partial charge >= 0.3 is 0 Å². The van der Waals surface area contributed by atoms with Crippen LogP contribution in [0.2, 0.25) is 0 Å². The van der Waals surface area contributed by atoms with Crippen LogP contribution in [-0.2, 0) is 11.3 Å². The van der Waals surface area contributed by atoms with Crippen LogP contribution in [-0.4, -0.2) is 36.9 Å². The van der Waals surface area contributed by atoms with E-state index < -0.39 is 4.92 Å². The van der Waals surface area contributed by atoms with Gasteiger partial charge in [0.05, 0.1) is 4.92 Å². The van der Waals surface area contributed by atoms with Crippen LogP contribution < -0.4 is 4.90 Å². The fourth-order valence-corrected chi connectivity index (χ4v) is 2.29. The van der Waals surface area contributed by atoms with Crippen molar-refractivity contribution in [2.75, 3.05) is 26.0 Å². The normalized spacial score (nSPS) is 10.7. The molecule has 0 heterocycles. The maximum absolute atomic E-state index is 12.2. The van der Waals surface area contributed by atoms with Gasteiger partial charge < -0.3 is 9.80 Å². The molecule has 0 fully saturated rings. The number of hydrogen-bond acceptors (Lipinski definition) is 4. The highest BCUT2D eigenvalue weighted by Gasteiger charge is 2.07. The molecule has 0 saturated carbocycles. The lowest BCUT2D eigenvalue weighted by Gasteiger charge is -2.17. The summed E-state index contributed by atoms with van der Waals surface area (Å²) in [6.07, 6.45) is 3.01. The Bertz CT molecular complexity index is 783. The highest BCUT2D eigenvalue weighted by Crippen LogP contribution is 2.15. The molecular formula is C19H21N3O3. The summed E-state index contributed by atoms with van der Waals surface area (Å²) in [5.41, 5.74) is 2.75. The van der Waals surface area contributed by atoms with Gasteiger partial charge in [0, 0.05) is 51.6 Å². The van der Waals surface area contributed by atoms with Crippen LogP contribution in [0.5, 0.6) is 0 Å². The summed E-state index contributed by atoms with van der Waals surface area (Å²) in [5.74, 6) is -0.164. The molecule has 6 heteroatoms. The molecule has 2 aromatic rings. The topological polar surface area (TPSA) is 66.7 Å². The minimum atomic E-state index is -0.456. The Morgan fingerprint density at radius 2 is 1.80 bits per heavy atom. The molecule has 0 N–H and O–H groups in total. The van der Waals surface area contributed by atoms with E-state index in [4.69, 9.17) is 0 Å². The van der Waals surface area contributed by atoms with Crippen molar-refractivity contribution in [2.24, 2.45) is 0 Å². The first-order valence-corrected chi connectivity index (χ1v) is 7.80. The fourth-order valence-electron chi connectivity index (χ4n) is 2.29. The Morgan fingerprint density at radius 1 is 1.12 bits per heavy atom. The van der Waals surface area contributed by atoms with E-state index in [0.717, 1.165) is 11.3 Å². The predicted molar refractivity (Wildman–Crippen MR) is 99.4 cm³/mol. The number of amides is 1. The van der Waals surface area contributed by atoms with Gasteiger partial charge in [0.25, 0.3) is 5.69 Å². The zero-order valence-corrected chi connectivity index (χ0v) is 14.5. The smallest absolute Gasteiger partial charge is 0.270 e. The lowest BCUT2D eigenvalue weighted by molar-refractivity contribution is -0.384. The number of nitro groups is 1. The minimum Gasteiger partial charge on any atom is -0.378 e. The van der Waals surface area contributed by atoms with Gasteiger partial charge in [-0.2, -0.15) is 0 Å².